The fourth-order valence-electron chi connectivity index (χ4n) is 5.41. The fraction of sp³-hybridized carbons (Fsp3) is 0.480. The highest BCUT2D eigenvalue weighted by molar-refractivity contribution is 14.0. The van der Waals surface area contributed by atoms with Crippen LogP contribution in [0.1, 0.15) is 49.1 Å². The quantitative estimate of drug-likeness (QED) is 0.349. The van der Waals surface area contributed by atoms with E-state index in [1.165, 1.54) is 43.2 Å². The summed E-state index contributed by atoms with van der Waals surface area (Å²) in [4.78, 5) is 7.27. The van der Waals surface area contributed by atoms with Gasteiger partial charge in [0.2, 0.25) is 0 Å². The number of hydrogen-bond acceptors (Lipinski definition) is 2. The molecule has 30 heavy (non-hydrogen) atoms. The van der Waals surface area contributed by atoms with Gasteiger partial charge in [-0.05, 0) is 43.2 Å². The van der Waals surface area contributed by atoms with E-state index in [4.69, 9.17) is 0 Å². The minimum absolute atomic E-state index is 0. The van der Waals surface area contributed by atoms with Gasteiger partial charge in [0.15, 0.2) is 5.96 Å². The van der Waals surface area contributed by atoms with Crippen LogP contribution in [0.5, 0.6) is 0 Å². The summed E-state index contributed by atoms with van der Waals surface area (Å²) < 4.78 is 0. The third-order valence-corrected chi connectivity index (χ3v) is 7.00. The van der Waals surface area contributed by atoms with Crippen LogP contribution in [0.25, 0.3) is 0 Å². The molecule has 5 rings (SSSR count). The van der Waals surface area contributed by atoms with Crippen molar-refractivity contribution in [2.24, 2.45) is 4.99 Å². The maximum atomic E-state index is 4.53. The van der Waals surface area contributed by atoms with E-state index in [0.29, 0.717) is 30.1 Å². The van der Waals surface area contributed by atoms with E-state index >= 15 is 0 Å². The molecule has 3 aliphatic rings. The van der Waals surface area contributed by atoms with Gasteiger partial charge in [-0.3, -0.25) is 9.89 Å². The molecule has 3 fully saturated rings. The highest BCUT2D eigenvalue weighted by atomic mass is 127. The standard InChI is InChI=1S/C25H32N4.HI/c1-26-25(28-24-16-23(24)19-10-6-3-7-11-19)27-20-14-21-12-13-22(15-20)29(21)17-18-8-4-2-5-9-18;/h2-11,20-24H,12-17H2,1H3,(H2,26,27,28);1H. The maximum absolute atomic E-state index is 4.53. The molecule has 2 saturated heterocycles. The number of benzene rings is 2. The zero-order chi connectivity index (χ0) is 19.6. The maximum Gasteiger partial charge on any atom is 0.191 e. The Bertz CT molecular complexity index is 827. The Kier molecular flexibility index (Phi) is 6.98. The van der Waals surface area contributed by atoms with Crippen molar-refractivity contribution in [3.8, 4) is 0 Å². The molecular formula is C25H33IN4. The lowest BCUT2D eigenvalue weighted by Crippen LogP contribution is -2.52. The second-order valence-corrected chi connectivity index (χ2v) is 8.93. The number of piperidine rings is 1. The number of nitrogens with zero attached hydrogens (tertiary/aromatic N) is 2. The monoisotopic (exact) mass is 516 g/mol. The second kappa shape index (κ2) is 9.69. The number of aliphatic imine (C=N–C) groups is 1. The predicted octanol–water partition coefficient (Wildman–Crippen LogP) is 4.52. The molecule has 2 bridgehead atoms. The predicted molar refractivity (Wildman–Crippen MR) is 134 cm³/mol. The number of rotatable bonds is 5. The molecular weight excluding hydrogens is 483 g/mol. The molecule has 2 aliphatic heterocycles. The number of nitrogens with one attached hydrogen (secondary N) is 2. The first-order chi connectivity index (χ1) is 14.3. The zero-order valence-corrected chi connectivity index (χ0v) is 20.0. The van der Waals surface area contributed by atoms with Gasteiger partial charge >= 0.3 is 0 Å². The first kappa shape index (κ1) is 21.6. The normalized spacial score (nSPS) is 30.4. The molecule has 0 radical (unpaired) electrons. The summed E-state index contributed by atoms with van der Waals surface area (Å²) in [6.45, 7) is 1.09. The van der Waals surface area contributed by atoms with Crippen LogP contribution in [0.4, 0.5) is 0 Å². The van der Waals surface area contributed by atoms with Crippen molar-refractivity contribution < 1.29 is 0 Å². The topological polar surface area (TPSA) is 39.7 Å². The highest BCUT2D eigenvalue weighted by Gasteiger charge is 2.42. The number of fused-ring (bicyclic) bond motifs is 2. The summed E-state index contributed by atoms with van der Waals surface area (Å²) in [6, 6.07) is 24.2. The molecule has 0 aromatic heterocycles. The summed E-state index contributed by atoms with van der Waals surface area (Å²) in [7, 11) is 1.90. The molecule has 160 valence electrons. The Labute approximate surface area is 197 Å². The van der Waals surface area contributed by atoms with E-state index in [0.717, 1.165) is 12.5 Å². The molecule has 2 aromatic carbocycles. The molecule has 4 unspecified atom stereocenters. The van der Waals surface area contributed by atoms with Gasteiger partial charge in [0.1, 0.15) is 0 Å². The van der Waals surface area contributed by atoms with Gasteiger partial charge < -0.3 is 10.6 Å². The van der Waals surface area contributed by atoms with Crippen molar-refractivity contribution in [3.63, 3.8) is 0 Å². The summed E-state index contributed by atoms with van der Waals surface area (Å²) >= 11 is 0. The van der Waals surface area contributed by atoms with E-state index in [1.54, 1.807) is 0 Å². The smallest absolute Gasteiger partial charge is 0.191 e. The Morgan fingerprint density at radius 1 is 0.900 bits per heavy atom. The van der Waals surface area contributed by atoms with Crippen molar-refractivity contribution in [2.45, 2.75) is 68.7 Å². The van der Waals surface area contributed by atoms with E-state index in [2.05, 4.69) is 81.2 Å². The SMILES string of the molecule is CN=C(NC1CC2CCC(C1)N2Cc1ccccc1)NC1CC1c1ccccc1.I. The lowest BCUT2D eigenvalue weighted by molar-refractivity contribution is 0.114. The van der Waals surface area contributed by atoms with Gasteiger partial charge in [0.25, 0.3) is 0 Å². The minimum atomic E-state index is 0. The van der Waals surface area contributed by atoms with Crippen molar-refractivity contribution >= 4 is 29.9 Å². The van der Waals surface area contributed by atoms with Crippen LogP contribution in [-0.2, 0) is 6.54 Å². The van der Waals surface area contributed by atoms with Gasteiger partial charge in [-0.25, -0.2) is 0 Å². The molecule has 0 spiro atoms. The molecule has 1 saturated carbocycles. The number of halogens is 1. The summed E-state index contributed by atoms with van der Waals surface area (Å²) in [6.07, 6.45) is 6.31. The largest absolute Gasteiger partial charge is 0.354 e. The van der Waals surface area contributed by atoms with E-state index in [1.807, 2.05) is 7.05 Å². The van der Waals surface area contributed by atoms with E-state index in [-0.39, 0.29) is 24.0 Å². The van der Waals surface area contributed by atoms with Crippen LogP contribution in [0.3, 0.4) is 0 Å². The Morgan fingerprint density at radius 3 is 2.17 bits per heavy atom. The Morgan fingerprint density at radius 2 is 1.53 bits per heavy atom. The molecule has 4 nitrogen and oxygen atoms in total. The third-order valence-electron chi connectivity index (χ3n) is 7.00. The molecule has 0 amide bonds. The van der Waals surface area contributed by atoms with Crippen LogP contribution in [0.2, 0.25) is 0 Å². The lowest BCUT2D eigenvalue weighted by atomic mass is 9.96. The fourth-order valence-corrected chi connectivity index (χ4v) is 5.41. The molecule has 2 N–H and O–H groups in total. The Hall–Kier alpha value is -1.60. The Balaban J connectivity index is 0.00000218. The van der Waals surface area contributed by atoms with Gasteiger partial charge in [0, 0.05) is 43.7 Å². The first-order valence-electron chi connectivity index (χ1n) is 11.1. The molecule has 2 aromatic rings. The van der Waals surface area contributed by atoms with Gasteiger partial charge in [-0.2, -0.15) is 0 Å². The van der Waals surface area contributed by atoms with Crippen LogP contribution < -0.4 is 10.6 Å². The third kappa shape index (κ3) is 4.83. The van der Waals surface area contributed by atoms with Gasteiger partial charge in [0.05, 0.1) is 0 Å². The summed E-state index contributed by atoms with van der Waals surface area (Å²) in [5.74, 6) is 1.60. The van der Waals surface area contributed by atoms with Crippen LogP contribution in [-0.4, -0.2) is 42.1 Å². The average Bonchev–Trinajstić information content (AvgIpc) is 3.49. The highest BCUT2D eigenvalue weighted by Crippen LogP contribution is 2.41. The summed E-state index contributed by atoms with van der Waals surface area (Å²) in [5.41, 5.74) is 2.88. The van der Waals surface area contributed by atoms with Crippen molar-refractivity contribution in [2.75, 3.05) is 7.05 Å². The average molecular weight is 516 g/mol. The second-order valence-electron chi connectivity index (χ2n) is 8.93. The van der Waals surface area contributed by atoms with Crippen LogP contribution >= 0.6 is 24.0 Å². The van der Waals surface area contributed by atoms with Crippen molar-refractivity contribution in [1.82, 2.24) is 15.5 Å². The lowest BCUT2D eigenvalue weighted by Gasteiger charge is -2.39. The van der Waals surface area contributed by atoms with E-state index < -0.39 is 0 Å². The van der Waals surface area contributed by atoms with Crippen LogP contribution in [0.15, 0.2) is 65.7 Å². The number of guanidine groups is 1. The summed E-state index contributed by atoms with van der Waals surface area (Å²) in [5, 5.41) is 7.41. The van der Waals surface area contributed by atoms with Crippen molar-refractivity contribution in [3.05, 3.63) is 71.8 Å². The van der Waals surface area contributed by atoms with Gasteiger partial charge in [-0.15, -0.1) is 24.0 Å². The molecule has 4 atom stereocenters. The van der Waals surface area contributed by atoms with Gasteiger partial charge in [-0.1, -0.05) is 60.7 Å². The molecule has 1 aliphatic carbocycles. The van der Waals surface area contributed by atoms with Crippen molar-refractivity contribution in [1.29, 1.82) is 0 Å². The van der Waals surface area contributed by atoms with Crippen LogP contribution in [0, 0.1) is 0 Å². The first-order valence-corrected chi connectivity index (χ1v) is 11.1. The molecule has 5 heteroatoms. The van der Waals surface area contributed by atoms with E-state index in [9.17, 15) is 0 Å². The minimum Gasteiger partial charge on any atom is -0.354 e. The zero-order valence-electron chi connectivity index (χ0n) is 17.7. The molecule has 2 heterocycles. The number of hydrogen-bond donors (Lipinski definition) is 2.